The third-order valence-corrected chi connectivity index (χ3v) is 2.52. The van der Waals surface area contributed by atoms with Gasteiger partial charge in [-0.1, -0.05) is 6.92 Å². The molecule has 0 amide bonds. The molecule has 1 aromatic carbocycles. The van der Waals surface area contributed by atoms with Crippen LogP contribution in [0.15, 0.2) is 23.1 Å². The predicted octanol–water partition coefficient (Wildman–Crippen LogP) is 3.14. The summed E-state index contributed by atoms with van der Waals surface area (Å²) in [4.78, 5) is 12.0. The number of rotatable bonds is 3. The van der Waals surface area contributed by atoms with E-state index >= 15 is 0 Å². The lowest BCUT2D eigenvalue weighted by atomic mass is 10.1. The number of hydrogen-bond acceptors (Lipinski definition) is 2. The van der Waals surface area contributed by atoms with Crippen LogP contribution in [0.25, 0.3) is 0 Å². The van der Waals surface area contributed by atoms with Crippen molar-refractivity contribution in [3.8, 4) is 0 Å². The minimum absolute atomic E-state index is 0.148. The van der Waals surface area contributed by atoms with Crippen molar-refractivity contribution in [1.82, 2.24) is 0 Å². The number of hydrogen-bond donors (Lipinski definition) is 0. The van der Waals surface area contributed by atoms with Crippen molar-refractivity contribution in [2.75, 3.05) is 6.26 Å². The van der Waals surface area contributed by atoms with Crippen LogP contribution in [0.1, 0.15) is 23.7 Å². The van der Waals surface area contributed by atoms with E-state index in [9.17, 15) is 9.18 Å². The molecule has 0 aliphatic rings. The third kappa shape index (κ3) is 2.31. The smallest absolute Gasteiger partial charge is 0.165 e. The Hall–Kier alpha value is -0.830. The van der Waals surface area contributed by atoms with Crippen molar-refractivity contribution in [1.29, 1.82) is 0 Å². The van der Waals surface area contributed by atoms with Crippen LogP contribution >= 0.6 is 11.8 Å². The van der Waals surface area contributed by atoms with Crippen LogP contribution in [0.5, 0.6) is 0 Å². The molecule has 1 rings (SSSR count). The van der Waals surface area contributed by atoms with Crippen LogP contribution < -0.4 is 0 Å². The topological polar surface area (TPSA) is 17.1 Å². The summed E-state index contributed by atoms with van der Waals surface area (Å²) < 4.78 is 13.2. The van der Waals surface area contributed by atoms with Gasteiger partial charge < -0.3 is 0 Å². The second-order valence-electron chi connectivity index (χ2n) is 2.62. The molecule has 0 aromatic heterocycles. The molecule has 3 heteroatoms. The van der Waals surface area contributed by atoms with E-state index in [1.807, 2.05) is 6.26 Å². The van der Waals surface area contributed by atoms with Crippen molar-refractivity contribution < 1.29 is 9.18 Å². The Kier molecular flexibility index (Phi) is 3.48. The summed E-state index contributed by atoms with van der Waals surface area (Å²) in [7, 11) is 0. The lowest BCUT2D eigenvalue weighted by Gasteiger charge is -2.01. The van der Waals surface area contributed by atoms with Crippen molar-refractivity contribution in [2.45, 2.75) is 18.2 Å². The molecule has 0 fully saturated rings. The minimum atomic E-state index is -0.418. The molecule has 0 aliphatic heterocycles. The lowest BCUT2D eigenvalue weighted by Crippen LogP contribution is -2.00. The van der Waals surface area contributed by atoms with E-state index in [1.54, 1.807) is 19.1 Å². The van der Waals surface area contributed by atoms with Crippen LogP contribution in [0.2, 0.25) is 0 Å². The second kappa shape index (κ2) is 4.42. The summed E-state index contributed by atoms with van der Waals surface area (Å²) in [6, 6.07) is 4.71. The van der Waals surface area contributed by atoms with Crippen LogP contribution in [0, 0.1) is 5.82 Å². The highest BCUT2D eigenvalue weighted by Gasteiger charge is 2.09. The van der Waals surface area contributed by atoms with E-state index < -0.39 is 5.82 Å². The van der Waals surface area contributed by atoms with Gasteiger partial charge in [-0.05, 0) is 24.5 Å². The van der Waals surface area contributed by atoms with Gasteiger partial charge in [0.15, 0.2) is 5.78 Å². The van der Waals surface area contributed by atoms with Crippen molar-refractivity contribution in [3.05, 3.63) is 29.6 Å². The van der Waals surface area contributed by atoms with E-state index in [2.05, 4.69) is 0 Å². The summed E-state index contributed by atoms with van der Waals surface area (Å²) >= 11 is 1.46. The van der Waals surface area contributed by atoms with Gasteiger partial charge in [0.25, 0.3) is 0 Å². The summed E-state index contributed by atoms with van der Waals surface area (Å²) in [6.45, 7) is 1.73. The van der Waals surface area contributed by atoms with Gasteiger partial charge in [0.05, 0.1) is 5.56 Å². The normalized spacial score (nSPS) is 10.1. The van der Waals surface area contributed by atoms with E-state index in [1.165, 1.54) is 17.8 Å². The Labute approximate surface area is 81.3 Å². The summed E-state index contributed by atoms with van der Waals surface area (Å²) in [5, 5.41) is 0. The Bertz CT molecular complexity index is 323. The first-order valence-corrected chi connectivity index (χ1v) is 5.28. The Morgan fingerprint density at radius 1 is 1.54 bits per heavy atom. The maximum absolute atomic E-state index is 13.2. The van der Waals surface area contributed by atoms with Gasteiger partial charge >= 0.3 is 0 Å². The molecule has 0 radical (unpaired) electrons. The molecule has 0 aliphatic carbocycles. The maximum atomic E-state index is 13.2. The monoisotopic (exact) mass is 198 g/mol. The molecule has 0 spiro atoms. The third-order valence-electron chi connectivity index (χ3n) is 1.80. The second-order valence-corrected chi connectivity index (χ2v) is 3.50. The molecule has 1 aromatic rings. The SMILES string of the molecule is CCC(=O)c1ccc(SC)cc1F. The molecule has 70 valence electrons. The molecular weight excluding hydrogens is 187 g/mol. The highest BCUT2D eigenvalue weighted by atomic mass is 32.2. The molecule has 0 heterocycles. The van der Waals surface area contributed by atoms with Crippen LogP contribution in [0.4, 0.5) is 4.39 Å². The number of carbonyl (C=O) groups excluding carboxylic acids is 1. The van der Waals surface area contributed by atoms with Crippen LogP contribution in [0.3, 0.4) is 0 Å². The molecule has 0 saturated heterocycles. The largest absolute Gasteiger partial charge is 0.294 e. The fourth-order valence-corrected chi connectivity index (χ4v) is 1.46. The predicted molar refractivity (Wildman–Crippen MR) is 52.8 cm³/mol. The summed E-state index contributed by atoms with van der Waals surface area (Å²) in [6.07, 6.45) is 2.21. The van der Waals surface area contributed by atoms with E-state index in [-0.39, 0.29) is 11.3 Å². The van der Waals surface area contributed by atoms with Gasteiger partial charge in [0, 0.05) is 11.3 Å². The van der Waals surface area contributed by atoms with E-state index in [0.29, 0.717) is 6.42 Å². The molecule has 0 atom stereocenters. The van der Waals surface area contributed by atoms with Crippen LogP contribution in [-0.4, -0.2) is 12.0 Å². The summed E-state index contributed by atoms with van der Waals surface area (Å²) in [5.41, 5.74) is 0.195. The summed E-state index contributed by atoms with van der Waals surface area (Å²) in [5.74, 6) is -0.566. The average Bonchev–Trinajstić information content (AvgIpc) is 2.16. The van der Waals surface area contributed by atoms with Crippen LogP contribution in [-0.2, 0) is 0 Å². The Balaban J connectivity index is 3.05. The number of thioether (sulfide) groups is 1. The fraction of sp³-hybridized carbons (Fsp3) is 0.300. The molecule has 0 N–H and O–H groups in total. The molecule has 0 unspecified atom stereocenters. The van der Waals surface area contributed by atoms with Gasteiger partial charge in [-0.15, -0.1) is 11.8 Å². The van der Waals surface area contributed by atoms with Crippen molar-refractivity contribution in [3.63, 3.8) is 0 Å². The van der Waals surface area contributed by atoms with Gasteiger partial charge in [-0.3, -0.25) is 4.79 Å². The number of carbonyl (C=O) groups is 1. The molecular formula is C10H11FOS. The first kappa shape index (κ1) is 10.3. The Morgan fingerprint density at radius 3 is 2.69 bits per heavy atom. The Morgan fingerprint density at radius 2 is 2.23 bits per heavy atom. The zero-order chi connectivity index (χ0) is 9.84. The minimum Gasteiger partial charge on any atom is -0.294 e. The highest BCUT2D eigenvalue weighted by molar-refractivity contribution is 7.98. The van der Waals surface area contributed by atoms with Gasteiger partial charge in [-0.2, -0.15) is 0 Å². The zero-order valence-electron chi connectivity index (χ0n) is 7.63. The number of halogens is 1. The maximum Gasteiger partial charge on any atom is 0.165 e. The quantitative estimate of drug-likeness (QED) is 0.548. The van der Waals surface area contributed by atoms with Crippen molar-refractivity contribution in [2.24, 2.45) is 0 Å². The van der Waals surface area contributed by atoms with E-state index in [0.717, 1.165) is 4.90 Å². The van der Waals surface area contributed by atoms with E-state index in [4.69, 9.17) is 0 Å². The zero-order valence-corrected chi connectivity index (χ0v) is 8.45. The first-order chi connectivity index (χ1) is 6.19. The number of Topliss-reactive ketones (excluding diaryl/α,β-unsaturated/α-hetero) is 1. The van der Waals surface area contributed by atoms with Gasteiger partial charge in [0.1, 0.15) is 5.82 Å². The number of benzene rings is 1. The van der Waals surface area contributed by atoms with Crippen molar-refractivity contribution >= 4 is 17.5 Å². The average molecular weight is 198 g/mol. The standard InChI is InChI=1S/C10H11FOS/c1-3-10(12)8-5-4-7(13-2)6-9(8)11/h4-6H,3H2,1-2H3. The number of ketones is 1. The lowest BCUT2D eigenvalue weighted by molar-refractivity contribution is 0.0984. The van der Waals surface area contributed by atoms with Gasteiger partial charge in [-0.25, -0.2) is 4.39 Å². The molecule has 0 saturated carbocycles. The highest BCUT2D eigenvalue weighted by Crippen LogP contribution is 2.19. The molecule has 0 bridgehead atoms. The fourth-order valence-electron chi connectivity index (χ4n) is 1.04. The molecule has 1 nitrogen and oxygen atoms in total. The van der Waals surface area contributed by atoms with Gasteiger partial charge in [0.2, 0.25) is 0 Å². The molecule has 13 heavy (non-hydrogen) atoms. The first-order valence-electron chi connectivity index (χ1n) is 4.05.